The molecule has 0 fully saturated rings. The molecule has 3 rings (SSSR count). The van der Waals surface area contributed by atoms with Gasteiger partial charge in [0.15, 0.2) is 0 Å². The highest BCUT2D eigenvalue weighted by Gasteiger charge is 2.14. The summed E-state index contributed by atoms with van der Waals surface area (Å²) in [5.41, 5.74) is 2.76. The number of hydrogen-bond donors (Lipinski definition) is 2. The Morgan fingerprint density at radius 1 is 0.840 bits per heavy atom. The van der Waals surface area contributed by atoms with Gasteiger partial charge in [0.1, 0.15) is 0 Å². The first kappa shape index (κ1) is 17.6. The molecule has 126 valence electrons. The summed E-state index contributed by atoms with van der Waals surface area (Å²) in [6, 6.07) is 17.4. The predicted molar refractivity (Wildman–Crippen MR) is 104 cm³/mol. The monoisotopic (exact) mass is 391 g/mol. The highest BCUT2D eigenvalue weighted by Crippen LogP contribution is 2.38. The molecule has 0 bridgehead atoms. The average molecular weight is 393 g/mol. The number of anilines is 2. The van der Waals surface area contributed by atoms with Gasteiger partial charge in [-0.05, 0) is 47.5 Å². The third-order valence-electron chi connectivity index (χ3n) is 3.64. The molecule has 0 spiro atoms. The van der Waals surface area contributed by atoms with E-state index in [0.29, 0.717) is 26.4 Å². The normalized spacial score (nSPS) is 10.5. The molecule has 0 aliphatic rings. The lowest BCUT2D eigenvalue weighted by atomic mass is 10.1. The molecular weight excluding hydrogens is 381 g/mol. The minimum atomic E-state index is -1.03. The maximum Gasteiger partial charge on any atom is 0.337 e. The lowest BCUT2D eigenvalue weighted by Crippen LogP contribution is -2.03. The van der Waals surface area contributed by atoms with Crippen molar-refractivity contribution in [2.45, 2.75) is 0 Å². The molecular formula is C19H12Cl3NO2. The number of halogens is 3. The fourth-order valence-electron chi connectivity index (χ4n) is 2.41. The smallest absolute Gasteiger partial charge is 0.337 e. The molecule has 0 aliphatic heterocycles. The van der Waals surface area contributed by atoms with Crippen molar-refractivity contribution in [3.8, 4) is 11.1 Å². The fourth-order valence-corrected chi connectivity index (χ4v) is 3.12. The van der Waals surface area contributed by atoms with Gasteiger partial charge in [-0.15, -0.1) is 0 Å². The van der Waals surface area contributed by atoms with Gasteiger partial charge >= 0.3 is 5.97 Å². The average Bonchev–Trinajstić information content (AvgIpc) is 2.59. The zero-order valence-electron chi connectivity index (χ0n) is 12.8. The lowest BCUT2D eigenvalue weighted by molar-refractivity contribution is 0.0698. The summed E-state index contributed by atoms with van der Waals surface area (Å²) in [4.78, 5) is 11.3. The third-order valence-corrected chi connectivity index (χ3v) is 4.48. The van der Waals surface area contributed by atoms with Gasteiger partial charge in [-0.2, -0.15) is 0 Å². The van der Waals surface area contributed by atoms with Crippen LogP contribution in [0.25, 0.3) is 11.1 Å². The number of rotatable bonds is 4. The third kappa shape index (κ3) is 3.90. The Bertz CT molecular complexity index is 917. The Balaban J connectivity index is 1.99. The number of nitrogens with one attached hydrogen (secondary N) is 1. The van der Waals surface area contributed by atoms with Crippen molar-refractivity contribution < 1.29 is 9.90 Å². The first-order valence-corrected chi connectivity index (χ1v) is 8.43. The minimum Gasteiger partial charge on any atom is -0.478 e. The molecule has 0 unspecified atom stereocenters. The molecule has 3 aromatic rings. The number of carboxylic acids is 1. The van der Waals surface area contributed by atoms with Crippen molar-refractivity contribution in [1.29, 1.82) is 0 Å². The van der Waals surface area contributed by atoms with Crippen molar-refractivity contribution in [3.63, 3.8) is 0 Å². The van der Waals surface area contributed by atoms with Crippen LogP contribution in [0.2, 0.25) is 15.1 Å². The minimum absolute atomic E-state index is 0.136. The zero-order chi connectivity index (χ0) is 18.0. The molecule has 3 nitrogen and oxygen atoms in total. The second-order valence-electron chi connectivity index (χ2n) is 5.30. The van der Waals surface area contributed by atoms with Crippen LogP contribution >= 0.6 is 34.8 Å². The largest absolute Gasteiger partial charge is 0.478 e. The first-order valence-electron chi connectivity index (χ1n) is 7.30. The van der Waals surface area contributed by atoms with Crippen LogP contribution in [0.15, 0.2) is 60.7 Å². The number of benzene rings is 3. The summed E-state index contributed by atoms with van der Waals surface area (Å²) in [5, 5.41) is 13.7. The Labute approximate surface area is 159 Å². The van der Waals surface area contributed by atoms with Crippen LogP contribution in [0.5, 0.6) is 0 Å². The van der Waals surface area contributed by atoms with E-state index in [9.17, 15) is 9.90 Å². The molecule has 0 saturated heterocycles. The van der Waals surface area contributed by atoms with Gasteiger partial charge in [0.25, 0.3) is 0 Å². The highest BCUT2D eigenvalue weighted by molar-refractivity contribution is 6.39. The van der Waals surface area contributed by atoms with Crippen LogP contribution in [-0.4, -0.2) is 11.1 Å². The number of hydrogen-bond acceptors (Lipinski definition) is 2. The van der Waals surface area contributed by atoms with Crippen molar-refractivity contribution in [1.82, 2.24) is 0 Å². The van der Waals surface area contributed by atoms with Gasteiger partial charge in [-0.25, -0.2) is 4.79 Å². The molecule has 0 heterocycles. The summed E-state index contributed by atoms with van der Waals surface area (Å²) in [7, 11) is 0. The van der Waals surface area contributed by atoms with Crippen LogP contribution in [0.3, 0.4) is 0 Å². The van der Waals surface area contributed by atoms with E-state index in [2.05, 4.69) is 5.32 Å². The summed E-state index contributed by atoms with van der Waals surface area (Å²) >= 11 is 18.7. The number of carboxylic acid groups (broad SMARTS) is 1. The van der Waals surface area contributed by atoms with E-state index >= 15 is 0 Å². The first-order chi connectivity index (χ1) is 12.0. The van der Waals surface area contributed by atoms with Gasteiger partial charge < -0.3 is 10.4 Å². The molecule has 25 heavy (non-hydrogen) atoms. The molecule has 0 atom stereocenters. The van der Waals surface area contributed by atoms with E-state index in [0.717, 1.165) is 11.1 Å². The van der Waals surface area contributed by atoms with Crippen LogP contribution in [0.4, 0.5) is 11.4 Å². The molecule has 0 radical (unpaired) electrons. The van der Waals surface area contributed by atoms with Gasteiger partial charge in [-0.3, -0.25) is 0 Å². The van der Waals surface area contributed by atoms with Gasteiger partial charge in [0, 0.05) is 5.02 Å². The van der Waals surface area contributed by atoms with Crippen molar-refractivity contribution >= 4 is 52.1 Å². The fraction of sp³-hybridized carbons (Fsp3) is 0. The molecule has 2 N–H and O–H groups in total. The van der Waals surface area contributed by atoms with Crippen LogP contribution < -0.4 is 5.32 Å². The molecule has 0 aromatic heterocycles. The summed E-state index contributed by atoms with van der Waals surface area (Å²) < 4.78 is 0. The summed E-state index contributed by atoms with van der Waals surface area (Å²) in [6.07, 6.45) is 0. The quantitative estimate of drug-likeness (QED) is 0.516. The van der Waals surface area contributed by atoms with Crippen molar-refractivity contribution in [3.05, 3.63) is 81.3 Å². The number of carbonyl (C=O) groups is 1. The Kier molecular flexibility index (Phi) is 5.19. The van der Waals surface area contributed by atoms with E-state index in [1.54, 1.807) is 42.5 Å². The molecule has 6 heteroatoms. The van der Waals surface area contributed by atoms with E-state index in [1.165, 1.54) is 6.07 Å². The van der Waals surface area contributed by atoms with E-state index in [4.69, 9.17) is 34.8 Å². The van der Waals surface area contributed by atoms with E-state index in [1.807, 2.05) is 12.1 Å². The molecule has 3 aromatic carbocycles. The van der Waals surface area contributed by atoms with Gasteiger partial charge in [0.2, 0.25) is 0 Å². The van der Waals surface area contributed by atoms with Crippen molar-refractivity contribution in [2.24, 2.45) is 0 Å². The van der Waals surface area contributed by atoms with E-state index in [-0.39, 0.29) is 5.56 Å². The van der Waals surface area contributed by atoms with Crippen LogP contribution in [-0.2, 0) is 0 Å². The van der Waals surface area contributed by atoms with Crippen LogP contribution in [0.1, 0.15) is 10.4 Å². The van der Waals surface area contributed by atoms with Crippen molar-refractivity contribution in [2.75, 3.05) is 5.32 Å². The maximum atomic E-state index is 11.3. The zero-order valence-corrected chi connectivity index (χ0v) is 15.0. The Morgan fingerprint density at radius 2 is 1.44 bits per heavy atom. The predicted octanol–water partition coefficient (Wildman–Crippen LogP) is 6.76. The molecule has 0 amide bonds. The number of para-hydroxylation sites is 1. The maximum absolute atomic E-state index is 11.3. The molecule has 0 saturated carbocycles. The summed E-state index contributed by atoms with van der Waals surface area (Å²) in [6.45, 7) is 0. The topological polar surface area (TPSA) is 49.3 Å². The Hall–Kier alpha value is -2.20. The highest BCUT2D eigenvalue weighted by atomic mass is 35.5. The second kappa shape index (κ2) is 7.36. The number of aromatic carboxylic acids is 1. The second-order valence-corrected chi connectivity index (χ2v) is 6.55. The summed E-state index contributed by atoms with van der Waals surface area (Å²) in [5.74, 6) is -1.03. The SMILES string of the molecule is O=C(O)c1ccccc1Nc1c(Cl)cc(-c2ccc(Cl)cc2)cc1Cl. The Morgan fingerprint density at radius 3 is 2.04 bits per heavy atom. The van der Waals surface area contributed by atoms with E-state index < -0.39 is 5.97 Å². The van der Waals surface area contributed by atoms with Gasteiger partial charge in [0.05, 0.1) is 27.0 Å². The standard InChI is InChI=1S/C19H12Cl3NO2/c20-13-7-5-11(6-8-13)12-9-15(21)18(16(22)10-12)23-17-4-2-1-3-14(17)19(24)25/h1-10,23H,(H,24,25). The molecule has 0 aliphatic carbocycles. The van der Waals surface area contributed by atoms with Crippen LogP contribution in [0, 0.1) is 0 Å². The van der Waals surface area contributed by atoms with Gasteiger partial charge in [-0.1, -0.05) is 59.1 Å². The lowest BCUT2D eigenvalue weighted by Gasteiger charge is -2.14.